The van der Waals surface area contributed by atoms with Crippen molar-refractivity contribution < 1.29 is 13.6 Å². The van der Waals surface area contributed by atoms with Crippen LogP contribution in [0.5, 0.6) is 0 Å². The van der Waals surface area contributed by atoms with E-state index in [4.69, 9.17) is 0 Å². The fourth-order valence-electron chi connectivity index (χ4n) is 1.57. The molecule has 0 saturated carbocycles. The molecule has 0 atom stereocenters. The van der Waals surface area contributed by atoms with Crippen molar-refractivity contribution in [1.29, 1.82) is 0 Å². The lowest BCUT2D eigenvalue weighted by Gasteiger charge is -1.99. The van der Waals surface area contributed by atoms with Crippen molar-refractivity contribution >= 4 is 34.1 Å². The Morgan fingerprint density at radius 2 is 2.14 bits per heavy atom. The summed E-state index contributed by atoms with van der Waals surface area (Å²) in [7, 11) is 0. The van der Waals surface area contributed by atoms with Crippen molar-refractivity contribution in [3.8, 4) is 11.3 Å². The van der Waals surface area contributed by atoms with Gasteiger partial charge in [-0.25, -0.2) is 13.8 Å². The van der Waals surface area contributed by atoms with Crippen molar-refractivity contribution in [1.82, 2.24) is 13.7 Å². The summed E-state index contributed by atoms with van der Waals surface area (Å²) in [6.07, 6.45) is 1.33. The number of anilines is 1. The highest BCUT2D eigenvalue weighted by Crippen LogP contribution is 2.27. The monoisotopic (exact) mass is 324 g/mol. The van der Waals surface area contributed by atoms with Crippen LogP contribution in [0.25, 0.3) is 11.3 Å². The second kappa shape index (κ2) is 5.62. The van der Waals surface area contributed by atoms with Crippen LogP contribution in [0.4, 0.5) is 13.9 Å². The van der Waals surface area contributed by atoms with Gasteiger partial charge < -0.3 is 0 Å². The van der Waals surface area contributed by atoms with Crippen LogP contribution in [0.2, 0.25) is 0 Å². The number of hydrogen-bond donors (Lipinski definition) is 1. The number of nitrogens with zero attached hydrogens (tertiary/aromatic N) is 3. The van der Waals surface area contributed by atoms with Crippen LogP contribution in [0, 0.1) is 11.6 Å². The molecular formula is C12H6F2N4OS2. The lowest BCUT2D eigenvalue weighted by atomic mass is 10.1. The molecule has 0 unspecified atom stereocenters. The molecule has 0 aliphatic rings. The summed E-state index contributed by atoms with van der Waals surface area (Å²) >= 11 is 2.02. The number of rotatable bonds is 3. The summed E-state index contributed by atoms with van der Waals surface area (Å²) in [6, 6.07) is 3.12. The van der Waals surface area contributed by atoms with Gasteiger partial charge in [-0.1, -0.05) is 0 Å². The first-order valence-electron chi connectivity index (χ1n) is 5.63. The van der Waals surface area contributed by atoms with Gasteiger partial charge in [0.2, 0.25) is 0 Å². The highest BCUT2D eigenvalue weighted by molar-refractivity contribution is 7.14. The molecular weight excluding hydrogens is 318 g/mol. The minimum Gasteiger partial charge on any atom is -0.296 e. The molecule has 1 amide bonds. The second-order valence-corrected chi connectivity index (χ2v) is 5.32. The van der Waals surface area contributed by atoms with Crippen molar-refractivity contribution in [2.45, 2.75) is 0 Å². The van der Waals surface area contributed by atoms with Crippen LogP contribution < -0.4 is 5.32 Å². The average molecular weight is 324 g/mol. The smallest absolute Gasteiger partial charge is 0.278 e. The van der Waals surface area contributed by atoms with Gasteiger partial charge in [-0.05, 0) is 18.2 Å². The number of carbonyl (C=O) groups is 1. The van der Waals surface area contributed by atoms with E-state index in [1.165, 1.54) is 11.6 Å². The van der Waals surface area contributed by atoms with Crippen molar-refractivity contribution in [2.24, 2.45) is 0 Å². The molecule has 0 bridgehead atoms. The van der Waals surface area contributed by atoms with E-state index in [-0.39, 0.29) is 22.1 Å². The molecule has 3 rings (SSSR count). The largest absolute Gasteiger partial charge is 0.296 e. The van der Waals surface area contributed by atoms with Crippen molar-refractivity contribution in [3.63, 3.8) is 0 Å². The lowest BCUT2D eigenvalue weighted by Crippen LogP contribution is -2.11. The fourth-order valence-corrected chi connectivity index (χ4v) is 2.69. The third kappa shape index (κ3) is 2.93. The maximum Gasteiger partial charge on any atom is 0.278 e. The van der Waals surface area contributed by atoms with Gasteiger partial charge in [0.15, 0.2) is 10.8 Å². The number of thiazole rings is 1. The van der Waals surface area contributed by atoms with Gasteiger partial charge in [0.1, 0.15) is 11.6 Å². The Labute approximate surface area is 125 Å². The van der Waals surface area contributed by atoms with Crippen molar-refractivity contribution in [2.75, 3.05) is 5.32 Å². The summed E-state index contributed by atoms with van der Waals surface area (Å²) in [5.41, 5.74) is 0.472. The van der Waals surface area contributed by atoms with Crippen LogP contribution in [-0.2, 0) is 0 Å². The van der Waals surface area contributed by atoms with E-state index in [1.807, 2.05) is 0 Å². The Balaban J connectivity index is 1.83. The number of aromatic nitrogens is 3. The Hall–Kier alpha value is -2.26. The van der Waals surface area contributed by atoms with E-state index in [0.717, 1.165) is 41.3 Å². The first-order valence-corrected chi connectivity index (χ1v) is 7.24. The normalized spacial score (nSPS) is 10.6. The number of halogens is 2. The molecule has 0 aliphatic carbocycles. The van der Waals surface area contributed by atoms with E-state index in [1.54, 1.807) is 0 Å². The molecule has 0 saturated heterocycles. The molecule has 5 nitrogen and oxygen atoms in total. The van der Waals surface area contributed by atoms with Gasteiger partial charge in [0.05, 0.1) is 23.6 Å². The van der Waals surface area contributed by atoms with E-state index >= 15 is 0 Å². The molecule has 0 radical (unpaired) electrons. The van der Waals surface area contributed by atoms with Crippen LogP contribution in [-0.4, -0.2) is 19.6 Å². The van der Waals surface area contributed by atoms with E-state index in [9.17, 15) is 13.6 Å². The molecule has 1 N–H and O–H groups in total. The topological polar surface area (TPSA) is 67.8 Å². The number of nitrogens with one attached hydrogen (secondary N) is 1. The minimum atomic E-state index is -0.580. The molecule has 2 aromatic heterocycles. The van der Waals surface area contributed by atoms with Gasteiger partial charge in [0.25, 0.3) is 5.91 Å². The number of hydrogen-bond acceptors (Lipinski definition) is 6. The quantitative estimate of drug-likeness (QED) is 0.803. The minimum absolute atomic E-state index is 0.0436. The molecule has 0 fully saturated rings. The molecule has 21 heavy (non-hydrogen) atoms. The van der Waals surface area contributed by atoms with E-state index in [2.05, 4.69) is 19.0 Å². The number of carbonyl (C=O) groups excluding carboxylic acids is 1. The highest BCUT2D eigenvalue weighted by atomic mass is 32.1. The van der Waals surface area contributed by atoms with E-state index in [0.29, 0.717) is 0 Å². The fraction of sp³-hybridized carbons (Fsp3) is 0. The van der Waals surface area contributed by atoms with Gasteiger partial charge in [0, 0.05) is 10.9 Å². The van der Waals surface area contributed by atoms with Gasteiger partial charge in [-0.3, -0.25) is 10.1 Å². The van der Waals surface area contributed by atoms with Crippen LogP contribution in [0.3, 0.4) is 0 Å². The van der Waals surface area contributed by atoms with Gasteiger partial charge in [-0.2, -0.15) is 8.75 Å². The predicted octanol–water partition coefficient (Wildman–Crippen LogP) is 3.19. The Bertz CT molecular complexity index is 788. The predicted molar refractivity (Wildman–Crippen MR) is 75.3 cm³/mol. The third-order valence-electron chi connectivity index (χ3n) is 2.52. The first-order chi connectivity index (χ1) is 10.1. The van der Waals surface area contributed by atoms with Gasteiger partial charge >= 0.3 is 0 Å². The summed E-state index contributed by atoms with van der Waals surface area (Å²) < 4.78 is 34.3. The Kier molecular flexibility index (Phi) is 3.67. The number of benzene rings is 1. The summed E-state index contributed by atoms with van der Waals surface area (Å²) in [4.78, 5) is 15.8. The second-order valence-electron chi connectivity index (χ2n) is 3.91. The highest BCUT2D eigenvalue weighted by Gasteiger charge is 2.14. The first kappa shape index (κ1) is 13.7. The summed E-state index contributed by atoms with van der Waals surface area (Å²) in [5, 5.41) is 4.33. The van der Waals surface area contributed by atoms with Crippen LogP contribution in [0.1, 0.15) is 10.5 Å². The van der Waals surface area contributed by atoms with Crippen LogP contribution in [0.15, 0.2) is 29.8 Å². The molecule has 2 heterocycles. The molecule has 0 aliphatic heterocycles. The standard InChI is InChI=1S/C12H6F2N4OS2/c13-6-1-2-8(14)7(3-6)10-5-20-12(16-10)17-11(19)9-4-15-21-18-9/h1-5H,(H,16,17,19). The van der Waals surface area contributed by atoms with E-state index < -0.39 is 17.5 Å². The zero-order valence-corrected chi connectivity index (χ0v) is 11.8. The average Bonchev–Trinajstić information content (AvgIpc) is 3.12. The zero-order chi connectivity index (χ0) is 14.8. The summed E-state index contributed by atoms with van der Waals surface area (Å²) in [5.74, 6) is -1.59. The molecule has 0 spiro atoms. The molecule has 106 valence electrons. The summed E-state index contributed by atoms with van der Waals surface area (Å²) in [6.45, 7) is 0. The lowest BCUT2D eigenvalue weighted by molar-refractivity contribution is 0.102. The van der Waals surface area contributed by atoms with Crippen LogP contribution >= 0.6 is 23.1 Å². The zero-order valence-electron chi connectivity index (χ0n) is 10.2. The molecule has 9 heteroatoms. The molecule has 1 aromatic carbocycles. The molecule has 3 aromatic rings. The maximum atomic E-state index is 13.6. The number of amides is 1. The van der Waals surface area contributed by atoms with Crippen molar-refractivity contribution in [3.05, 3.63) is 47.1 Å². The third-order valence-corrected chi connectivity index (χ3v) is 3.76. The van der Waals surface area contributed by atoms with Gasteiger partial charge in [-0.15, -0.1) is 11.3 Å². The maximum absolute atomic E-state index is 13.6. The Morgan fingerprint density at radius 1 is 1.29 bits per heavy atom. The Morgan fingerprint density at radius 3 is 2.90 bits per heavy atom. The SMILES string of the molecule is O=C(Nc1nc(-c2cc(F)ccc2F)cs1)c1cnsn1.